The maximum absolute atomic E-state index is 13.5. The van der Waals surface area contributed by atoms with Crippen LogP contribution >= 0.6 is 53.0 Å². The Morgan fingerprint density at radius 2 is 1.08 bits per heavy atom. The van der Waals surface area contributed by atoms with Crippen LogP contribution in [0, 0.1) is 0 Å². The molecule has 0 atom stereocenters. The van der Waals surface area contributed by atoms with E-state index in [1.54, 1.807) is 72.8 Å². The number of hydrogen-bond donors (Lipinski definition) is 0. The molecule has 0 radical (unpaired) electrons. The molecule has 26 heavy (non-hydrogen) atoms. The second-order valence-electron chi connectivity index (χ2n) is 5.01. The highest BCUT2D eigenvalue weighted by Gasteiger charge is 2.33. The Bertz CT molecular complexity index is 845. The fourth-order valence-electron chi connectivity index (χ4n) is 1.97. The molecule has 3 nitrogen and oxygen atoms in total. The summed E-state index contributed by atoms with van der Waals surface area (Å²) in [6, 6.07) is 20.4. The van der Waals surface area contributed by atoms with Gasteiger partial charge in [-0.1, -0.05) is 71.2 Å². The molecule has 0 saturated carbocycles. The first-order chi connectivity index (χ1) is 12.5. The van der Waals surface area contributed by atoms with Crippen LogP contribution in [0.5, 0.6) is 11.5 Å². The van der Waals surface area contributed by atoms with E-state index in [1.807, 2.05) is 0 Å². The molecule has 0 heterocycles. The van der Waals surface area contributed by atoms with Crippen LogP contribution in [0.15, 0.2) is 77.7 Å². The lowest BCUT2D eigenvalue weighted by molar-refractivity contribution is 0.408. The zero-order valence-corrected chi connectivity index (χ0v) is 17.1. The molecule has 0 bridgehead atoms. The molecule has 0 aliphatic carbocycles. The molecular weight excluding hydrogens is 434 g/mol. The molecule has 0 N–H and O–H groups in total. The molecule has 0 amide bonds. The molecule has 0 fully saturated rings. The molecule has 0 aromatic heterocycles. The summed E-state index contributed by atoms with van der Waals surface area (Å²) in [4.78, 5) is 0.552. The Morgan fingerprint density at radius 1 is 0.654 bits per heavy atom. The van der Waals surface area contributed by atoms with Gasteiger partial charge in [0.25, 0.3) is 0 Å². The van der Waals surface area contributed by atoms with Gasteiger partial charge in [-0.25, -0.2) is 4.57 Å². The Labute approximate surface area is 170 Å². The van der Waals surface area contributed by atoms with Crippen molar-refractivity contribution in [2.45, 2.75) is 4.90 Å². The van der Waals surface area contributed by atoms with E-state index >= 15 is 0 Å². The molecule has 3 aromatic carbocycles. The predicted molar refractivity (Wildman–Crippen MR) is 109 cm³/mol. The third kappa shape index (κ3) is 4.91. The van der Waals surface area contributed by atoms with Crippen LogP contribution in [-0.2, 0) is 4.57 Å². The summed E-state index contributed by atoms with van der Waals surface area (Å²) in [6.45, 7) is -3.80. The number of rotatable bonds is 6. The third-order valence-corrected chi connectivity index (χ3v) is 7.53. The summed E-state index contributed by atoms with van der Waals surface area (Å²) in [7, 11) is 0. The van der Waals surface area contributed by atoms with Gasteiger partial charge in [-0.2, -0.15) is 0 Å². The van der Waals surface area contributed by atoms with Crippen molar-refractivity contribution in [2.24, 2.45) is 0 Å². The molecule has 0 spiro atoms. The Kier molecular flexibility index (Phi) is 6.44. The second-order valence-corrected chi connectivity index (χ2v) is 10.0. The molecule has 0 unspecified atom stereocenters. The highest BCUT2D eigenvalue weighted by molar-refractivity contribution is 8.55. The van der Waals surface area contributed by atoms with Gasteiger partial charge in [-0.05, 0) is 36.4 Å². The lowest BCUT2D eigenvalue weighted by Crippen LogP contribution is -1.99. The summed E-state index contributed by atoms with van der Waals surface area (Å²) in [5.74, 6) is 0.480. The first-order valence-electron chi connectivity index (χ1n) is 7.39. The number of halogens is 3. The molecule has 0 aliphatic heterocycles. The fourth-order valence-corrected chi connectivity index (χ4v) is 6.20. The number of hydrogen-bond acceptors (Lipinski definition) is 4. The summed E-state index contributed by atoms with van der Waals surface area (Å²) in [6.07, 6.45) is 0. The van der Waals surface area contributed by atoms with E-state index in [-0.39, 0.29) is 11.5 Å². The molecule has 0 aliphatic rings. The quantitative estimate of drug-likeness (QED) is 0.360. The Hall–Kier alpha value is -1.29. The first-order valence-corrected chi connectivity index (χ1v) is 11.5. The minimum absolute atomic E-state index is 0.240. The maximum Gasteiger partial charge on any atom is 0.497 e. The fraction of sp³-hybridized carbons (Fsp3) is 0. The van der Waals surface area contributed by atoms with Crippen LogP contribution in [0.25, 0.3) is 0 Å². The van der Waals surface area contributed by atoms with Gasteiger partial charge in [0.05, 0.1) is 15.1 Å². The lowest BCUT2D eigenvalue weighted by Gasteiger charge is -2.20. The van der Waals surface area contributed by atoms with E-state index in [4.69, 9.17) is 43.9 Å². The summed E-state index contributed by atoms with van der Waals surface area (Å²) in [5.41, 5.74) is 0. The van der Waals surface area contributed by atoms with Crippen LogP contribution in [0.3, 0.4) is 0 Å². The monoisotopic (exact) mass is 444 g/mol. The van der Waals surface area contributed by atoms with E-state index in [2.05, 4.69) is 0 Å². The minimum atomic E-state index is -3.80. The minimum Gasteiger partial charge on any atom is -0.407 e. The van der Waals surface area contributed by atoms with Crippen molar-refractivity contribution >= 4 is 53.0 Å². The van der Waals surface area contributed by atoms with E-state index in [9.17, 15) is 4.57 Å². The SMILES string of the molecule is O=P(Oc1ccccc1Cl)(Oc1ccccc1Cl)Sc1ccccc1Cl. The van der Waals surface area contributed by atoms with Crippen LogP contribution in [0.4, 0.5) is 0 Å². The maximum atomic E-state index is 13.5. The number of benzene rings is 3. The lowest BCUT2D eigenvalue weighted by atomic mass is 10.3. The van der Waals surface area contributed by atoms with Crippen LogP contribution < -0.4 is 9.05 Å². The van der Waals surface area contributed by atoms with E-state index in [0.717, 1.165) is 11.4 Å². The van der Waals surface area contributed by atoms with Crippen molar-refractivity contribution < 1.29 is 13.6 Å². The van der Waals surface area contributed by atoms with E-state index in [0.29, 0.717) is 20.0 Å². The predicted octanol–water partition coefficient (Wildman–Crippen LogP) is 8.01. The average molecular weight is 446 g/mol. The Balaban J connectivity index is 1.97. The molecule has 0 saturated heterocycles. The van der Waals surface area contributed by atoms with Gasteiger partial charge in [-0.3, -0.25) is 0 Å². The molecule has 3 aromatic rings. The summed E-state index contributed by atoms with van der Waals surface area (Å²) < 4.78 is 24.9. The van der Waals surface area contributed by atoms with Crippen LogP contribution in [-0.4, -0.2) is 0 Å². The van der Waals surface area contributed by atoms with Gasteiger partial charge in [0.15, 0.2) is 0 Å². The van der Waals surface area contributed by atoms with Crippen molar-refractivity contribution in [3.05, 3.63) is 87.9 Å². The van der Waals surface area contributed by atoms with Crippen molar-refractivity contribution in [3.63, 3.8) is 0 Å². The van der Waals surface area contributed by atoms with Crippen molar-refractivity contribution in [1.82, 2.24) is 0 Å². The topological polar surface area (TPSA) is 35.5 Å². The summed E-state index contributed by atoms with van der Waals surface area (Å²) in [5, 5.41) is 1.06. The largest absolute Gasteiger partial charge is 0.497 e. The van der Waals surface area contributed by atoms with Crippen molar-refractivity contribution in [1.29, 1.82) is 0 Å². The first kappa shape index (κ1) is 19.5. The molecule has 8 heteroatoms. The van der Waals surface area contributed by atoms with Gasteiger partial charge in [-0.15, -0.1) is 0 Å². The zero-order valence-electron chi connectivity index (χ0n) is 13.1. The van der Waals surface area contributed by atoms with E-state index in [1.165, 1.54) is 0 Å². The normalized spacial score (nSPS) is 11.2. The van der Waals surface area contributed by atoms with Gasteiger partial charge < -0.3 is 9.05 Å². The number of para-hydroxylation sites is 2. The van der Waals surface area contributed by atoms with Gasteiger partial charge in [0.1, 0.15) is 11.5 Å². The molecule has 3 rings (SSSR count). The Morgan fingerprint density at radius 3 is 1.54 bits per heavy atom. The summed E-state index contributed by atoms with van der Waals surface area (Å²) >= 11 is 19.4. The average Bonchev–Trinajstić information content (AvgIpc) is 2.61. The highest BCUT2D eigenvalue weighted by atomic mass is 35.5. The van der Waals surface area contributed by atoms with Crippen LogP contribution in [0.1, 0.15) is 0 Å². The van der Waals surface area contributed by atoms with Crippen LogP contribution in [0.2, 0.25) is 15.1 Å². The van der Waals surface area contributed by atoms with E-state index < -0.39 is 6.80 Å². The zero-order chi connectivity index (χ0) is 18.6. The molecule has 134 valence electrons. The highest BCUT2D eigenvalue weighted by Crippen LogP contribution is 2.64. The van der Waals surface area contributed by atoms with Gasteiger partial charge >= 0.3 is 6.80 Å². The van der Waals surface area contributed by atoms with Gasteiger partial charge in [0, 0.05) is 16.3 Å². The van der Waals surface area contributed by atoms with Gasteiger partial charge in [0.2, 0.25) is 0 Å². The van der Waals surface area contributed by atoms with Crippen molar-refractivity contribution in [3.8, 4) is 11.5 Å². The molecular formula is C18H12Cl3O3PS. The third-order valence-electron chi connectivity index (χ3n) is 3.14. The standard InChI is InChI=1S/C18H12Cl3O3PS/c19-13-7-1-4-10-16(13)23-25(22,24-17-11-5-2-8-14(17)20)26-18-12-6-3-9-15(18)21/h1-12H. The smallest absolute Gasteiger partial charge is 0.407 e. The van der Waals surface area contributed by atoms with Crippen molar-refractivity contribution in [2.75, 3.05) is 0 Å². The second kappa shape index (κ2) is 8.60.